The molecule has 0 radical (unpaired) electrons. The summed E-state index contributed by atoms with van der Waals surface area (Å²) >= 11 is 6.03. The number of carbonyl (C=O) groups excluding carboxylic acids is 1. The third-order valence-electron chi connectivity index (χ3n) is 2.96. The van der Waals surface area contributed by atoms with E-state index in [9.17, 15) is 13.2 Å². The van der Waals surface area contributed by atoms with E-state index < -0.39 is 10.0 Å². The molecule has 8 heteroatoms. The molecule has 22 heavy (non-hydrogen) atoms. The fourth-order valence-electron chi connectivity index (χ4n) is 1.78. The summed E-state index contributed by atoms with van der Waals surface area (Å²) in [5.74, 6) is 0.190. The van der Waals surface area contributed by atoms with Gasteiger partial charge in [0.2, 0.25) is 15.9 Å². The van der Waals surface area contributed by atoms with Crippen molar-refractivity contribution >= 4 is 33.2 Å². The lowest BCUT2D eigenvalue weighted by molar-refractivity contribution is -0.123. The van der Waals surface area contributed by atoms with Crippen LogP contribution in [-0.4, -0.2) is 40.8 Å². The summed E-state index contributed by atoms with van der Waals surface area (Å²) in [6, 6.07) is 4.73. The van der Waals surface area contributed by atoms with E-state index in [1.807, 2.05) is 0 Å². The van der Waals surface area contributed by atoms with Gasteiger partial charge in [-0.1, -0.05) is 25.4 Å². The van der Waals surface area contributed by atoms with Crippen molar-refractivity contribution < 1.29 is 17.9 Å². The molecule has 0 aliphatic heterocycles. The van der Waals surface area contributed by atoms with Crippen LogP contribution in [0.1, 0.15) is 13.8 Å². The smallest absolute Gasteiger partial charge is 0.232 e. The Labute approximate surface area is 136 Å². The van der Waals surface area contributed by atoms with Gasteiger partial charge in [0.1, 0.15) is 5.75 Å². The second-order valence-corrected chi connectivity index (χ2v) is 7.41. The number of anilines is 1. The Morgan fingerprint density at radius 3 is 2.50 bits per heavy atom. The predicted octanol–water partition coefficient (Wildman–Crippen LogP) is 1.89. The van der Waals surface area contributed by atoms with Gasteiger partial charge in [-0.25, -0.2) is 8.42 Å². The lowest BCUT2D eigenvalue weighted by Gasteiger charge is -2.23. The molecule has 1 aromatic carbocycles. The molecule has 124 valence electrons. The minimum atomic E-state index is -3.49. The molecule has 0 aromatic heterocycles. The molecule has 0 fully saturated rings. The number of halogens is 1. The van der Waals surface area contributed by atoms with Gasteiger partial charge in [-0.2, -0.15) is 0 Å². The number of amides is 1. The van der Waals surface area contributed by atoms with Crippen molar-refractivity contribution in [2.75, 3.05) is 30.8 Å². The second kappa shape index (κ2) is 7.69. The standard InChI is InChI=1S/C14H21ClN2O4S/c1-10(2)14(18)16-7-8-17(22(4,19)20)11-5-6-13(21-3)12(15)9-11/h5-6,9-10H,7-8H2,1-4H3,(H,16,18). The Morgan fingerprint density at radius 2 is 2.05 bits per heavy atom. The van der Waals surface area contributed by atoms with Crippen LogP contribution in [0.2, 0.25) is 5.02 Å². The zero-order valence-corrected chi connectivity index (χ0v) is 14.7. The van der Waals surface area contributed by atoms with Gasteiger partial charge in [-0.15, -0.1) is 0 Å². The summed E-state index contributed by atoms with van der Waals surface area (Å²) in [6.45, 7) is 3.88. The molecule has 6 nitrogen and oxygen atoms in total. The molecule has 1 rings (SSSR count). The highest BCUT2D eigenvalue weighted by Gasteiger charge is 2.19. The molecule has 0 heterocycles. The first-order valence-electron chi connectivity index (χ1n) is 6.75. The van der Waals surface area contributed by atoms with E-state index in [2.05, 4.69) is 5.32 Å². The lowest BCUT2D eigenvalue weighted by Crippen LogP contribution is -2.39. The molecule has 1 aromatic rings. The van der Waals surface area contributed by atoms with Crippen LogP contribution in [0.25, 0.3) is 0 Å². The highest BCUT2D eigenvalue weighted by atomic mass is 35.5. The van der Waals surface area contributed by atoms with Gasteiger partial charge in [0.05, 0.1) is 30.6 Å². The molecule has 0 unspecified atom stereocenters. The molecular formula is C14H21ClN2O4S. The molecule has 1 amide bonds. The monoisotopic (exact) mass is 348 g/mol. The first-order valence-corrected chi connectivity index (χ1v) is 8.98. The quantitative estimate of drug-likeness (QED) is 0.816. The highest BCUT2D eigenvalue weighted by molar-refractivity contribution is 7.92. The van der Waals surface area contributed by atoms with Crippen molar-refractivity contribution in [1.82, 2.24) is 5.32 Å². The van der Waals surface area contributed by atoms with Crippen molar-refractivity contribution in [3.05, 3.63) is 23.2 Å². The van der Waals surface area contributed by atoms with Crippen LogP contribution in [0.3, 0.4) is 0 Å². The Balaban J connectivity index is 2.91. The Hall–Kier alpha value is -1.47. The van der Waals surface area contributed by atoms with Crippen molar-refractivity contribution in [2.24, 2.45) is 5.92 Å². The topological polar surface area (TPSA) is 75.7 Å². The maximum atomic E-state index is 11.9. The van der Waals surface area contributed by atoms with Crippen LogP contribution >= 0.6 is 11.6 Å². The zero-order valence-electron chi connectivity index (χ0n) is 13.1. The number of ether oxygens (including phenoxy) is 1. The number of hydrogen-bond donors (Lipinski definition) is 1. The molecule has 0 aliphatic carbocycles. The number of rotatable bonds is 7. The summed E-state index contributed by atoms with van der Waals surface area (Å²) in [4.78, 5) is 11.5. The van der Waals surface area contributed by atoms with Crippen LogP contribution < -0.4 is 14.4 Å². The molecule has 0 aliphatic rings. The third kappa shape index (κ3) is 5.06. The highest BCUT2D eigenvalue weighted by Crippen LogP contribution is 2.29. The number of benzene rings is 1. The van der Waals surface area contributed by atoms with E-state index in [0.29, 0.717) is 16.5 Å². The van der Waals surface area contributed by atoms with E-state index in [4.69, 9.17) is 16.3 Å². The van der Waals surface area contributed by atoms with E-state index >= 15 is 0 Å². The SMILES string of the molecule is COc1ccc(N(CCNC(=O)C(C)C)S(C)(=O)=O)cc1Cl. The largest absolute Gasteiger partial charge is 0.495 e. The number of nitrogens with one attached hydrogen (secondary N) is 1. The molecule has 0 saturated heterocycles. The van der Waals surface area contributed by atoms with E-state index in [1.165, 1.54) is 17.5 Å². The predicted molar refractivity (Wildman–Crippen MR) is 88.0 cm³/mol. The van der Waals surface area contributed by atoms with Gasteiger partial charge in [0, 0.05) is 12.5 Å². The molecule has 0 atom stereocenters. The summed E-state index contributed by atoms with van der Waals surface area (Å²) in [5.41, 5.74) is 0.423. The van der Waals surface area contributed by atoms with Crippen LogP contribution in [0.5, 0.6) is 5.75 Å². The van der Waals surface area contributed by atoms with Crippen molar-refractivity contribution in [2.45, 2.75) is 13.8 Å². The molecule has 0 saturated carbocycles. The maximum Gasteiger partial charge on any atom is 0.232 e. The second-order valence-electron chi connectivity index (χ2n) is 5.10. The van der Waals surface area contributed by atoms with E-state index in [0.717, 1.165) is 6.26 Å². The Kier molecular flexibility index (Phi) is 6.49. The van der Waals surface area contributed by atoms with Gasteiger partial charge < -0.3 is 10.1 Å². The number of hydrogen-bond acceptors (Lipinski definition) is 4. The third-order valence-corrected chi connectivity index (χ3v) is 4.45. The number of carbonyl (C=O) groups is 1. The zero-order chi connectivity index (χ0) is 16.9. The minimum Gasteiger partial charge on any atom is -0.495 e. The fourth-order valence-corrected chi connectivity index (χ4v) is 2.95. The lowest BCUT2D eigenvalue weighted by atomic mass is 10.2. The first kappa shape index (κ1) is 18.6. The Morgan fingerprint density at radius 1 is 1.41 bits per heavy atom. The van der Waals surface area contributed by atoms with Gasteiger partial charge in [0.25, 0.3) is 0 Å². The summed E-state index contributed by atoms with van der Waals surface area (Å²) in [5, 5.41) is 3.01. The van der Waals surface area contributed by atoms with Gasteiger partial charge in [-0.05, 0) is 18.2 Å². The van der Waals surface area contributed by atoms with E-state index in [1.54, 1.807) is 26.0 Å². The summed E-state index contributed by atoms with van der Waals surface area (Å²) in [7, 11) is -2.01. The fraction of sp³-hybridized carbons (Fsp3) is 0.500. The maximum absolute atomic E-state index is 11.9. The Bertz CT molecular complexity index is 632. The molecule has 0 bridgehead atoms. The number of sulfonamides is 1. The van der Waals surface area contributed by atoms with Crippen LogP contribution in [0.4, 0.5) is 5.69 Å². The normalized spacial score (nSPS) is 11.4. The molecular weight excluding hydrogens is 328 g/mol. The summed E-state index contributed by atoms with van der Waals surface area (Å²) in [6.07, 6.45) is 1.11. The molecule has 1 N–H and O–H groups in total. The van der Waals surface area contributed by atoms with Gasteiger partial charge in [0.15, 0.2) is 0 Å². The van der Waals surface area contributed by atoms with E-state index in [-0.39, 0.29) is 24.9 Å². The summed E-state index contributed by atoms with van der Waals surface area (Å²) < 4.78 is 30.1. The van der Waals surface area contributed by atoms with Crippen molar-refractivity contribution in [1.29, 1.82) is 0 Å². The van der Waals surface area contributed by atoms with Crippen LogP contribution in [0.15, 0.2) is 18.2 Å². The van der Waals surface area contributed by atoms with Gasteiger partial charge >= 0.3 is 0 Å². The minimum absolute atomic E-state index is 0.124. The van der Waals surface area contributed by atoms with Crippen LogP contribution in [0, 0.1) is 5.92 Å². The average molecular weight is 349 g/mol. The first-order chi connectivity index (χ1) is 10.2. The van der Waals surface area contributed by atoms with Crippen molar-refractivity contribution in [3.63, 3.8) is 0 Å². The average Bonchev–Trinajstić information content (AvgIpc) is 2.41. The van der Waals surface area contributed by atoms with Gasteiger partial charge in [-0.3, -0.25) is 9.10 Å². The number of methoxy groups -OCH3 is 1. The van der Waals surface area contributed by atoms with Crippen molar-refractivity contribution in [3.8, 4) is 5.75 Å². The van der Waals surface area contributed by atoms with Crippen LogP contribution in [-0.2, 0) is 14.8 Å². The number of nitrogens with zero attached hydrogens (tertiary/aromatic N) is 1. The molecule has 0 spiro atoms.